The Morgan fingerprint density at radius 2 is 1.16 bits per heavy atom. The van der Waals surface area contributed by atoms with E-state index in [1.807, 2.05) is 87.4 Å². The molecule has 76 heavy (non-hydrogen) atoms. The van der Waals surface area contributed by atoms with Crippen LogP contribution in [0.4, 0.5) is 24.1 Å². The summed E-state index contributed by atoms with van der Waals surface area (Å²) in [5.74, 6) is 0.788. The van der Waals surface area contributed by atoms with Crippen molar-refractivity contribution < 1.29 is 46.5 Å². The minimum atomic E-state index is -1.02. The molecule has 4 aromatic heterocycles. The summed E-state index contributed by atoms with van der Waals surface area (Å²) in [5, 5.41) is 11.2. The average molecular weight is 1040 g/mol. The number of nitrogens with one attached hydrogen (secondary N) is 1. The summed E-state index contributed by atoms with van der Waals surface area (Å²) in [5.41, 5.74) is 7.89. The lowest BCUT2D eigenvalue weighted by molar-refractivity contribution is -0.119. The zero-order valence-corrected chi connectivity index (χ0v) is 44.6. The van der Waals surface area contributed by atoms with E-state index in [0.29, 0.717) is 69.0 Å². The van der Waals surface area contributed by atoms with E-state index in [1.165, 1.54) is 11.0 Å². The van der Waals surface area contributed by atoms with E-state index in [4.69, 9.17) is 28.5 Å². The number of likely N-dealkylation sites (tertiary alicyclic amines) is 2. The Bertz CT molecular complexity index is 3380. The minimum absolute atomic E-state index is 0.0434. The Morgan fingerprint density at radius 1 is 0.645 bits per heavy atom. The van der Waals surface area contributed by atoms with Crippen molar-refractivity contribution in [2.45, 2.75) is 143 Å². The van der Waals surface area contributed by atoms with Crippen molar-refractivity contribution in [1.29, 1.82) is 0 Å². The van der Waals surface area contributed by atoms with E-state index in [9.17, 15) is 28.0 Å². The number of imidazole rings is 2. The summed E-state index contributed by atoms with van der Waals surface area (Å²) < 4.78 is 54.3. The number of ether oxygens (including phenoxy) is 2. The van der Waals surface area contributed by atoms with Crippen LogP contribution in [0.1, 0.15) is 139 Å². The molecule has 3 aromatic carbocycles. The molecule has 7 aromatic rings. The van der Waals surface area contributed by atoms with E-state index < -0.39 is 28.9 Å². The number of anilines is 1. The van der Waals surface area contributed by atoms with Crippen LogP contribution in [0.25, 0.3) is 44.3 Å². The Hall–Kier alpha value is -7.64. The van der Waals surface area contributed by atoms with Crippen LogP contribution in [0, 0.1) is 39.3 Å². The number of rotatable bonds is 7. The monoisotopic (exact) mass is 1040 g/mol. The van der Waals surface area contributed by atoms with Crippen LogP contribution in [0.15, 0.2) is 63.6 Å². The topological polar surface area (TPSA) is 196 Å². The molecular weight excluding hydrogens is 979 g/mol. The molecule has 4 aliphatic rings. The predicted octanol–water partition coefficient (Wildman–Crippen LogP) is 11.1. The molecule has 4 saturated heterocycles. The van der Waals surface area contributed by atoms with E-state index >= 15 is 0 Å². The Labute approximate surface area is 438 Å². The fourth-order valence-electron chi connectivity index (χ4n) is 11.2. The summed E-state index contributed by atoms with van der Waals surface area (Å²) >= 11 is 0. The summed E-state index contributed by atoms with van der Waals surface area (Å²) in [6, 6.07) is 14.9. The van der Waals surface area contributed by atoms with Crippen molar-refractivity contribution >= 4 is 51.8 Å². The lowest BCUT2D eigenvalue weighted by Crippen LogP contribution is -2.35. The van der Waals surface area contributed by atoms with Crippen molar-refractivity contribution in [3.8, 4) is 22.3 Å². The molecule has 0 aliphatic carbocycles. The van der Waals surface area contributed by atoms with Gasteiger partial charge in [0.1, 0.15) is 34.4 Å². The summed E-state index contributed by atoms with van der Waals surface area (Å²) in [7, 11) is 0. The number of hydrogen-bond donors (Lipinski definition) is 1. The minimum Gasteiger partial charge on any atom is -0.444 e. The molecule has 1 N–H and O–H groups in total. The normalized spacial score (nSPS) is 20.0. The van der Waals surface area contributed by atoms with Gasteiger partial charge in [-0.3, -0.25) is 9.59 Å². The predicted molar refractivity (Wildman–Crippen MR) is 278 cm³/mol. The number of aromatic nitrogens is 6. The number of benzene rings is 3. The van der Waals surface area contributed by atoms with Crippen molar-refractivity contribution in [3.05, 3.63) is 101 Å². The second-order valence-corrected chi connectivity index (χ2v) is 22.3. The average Bonchev–Trinajstić information content (AvgIpc) is 4.35. The van der Waals surface area contributed by atoms with Crippen molar-refractivity contribution in [1.82, 2.24) is 44.5 Å². The number of halogens is 2. The zero-order valence-electron chi connectivity index (χ0n) is 44.6. The van der Waals surface area contributed by atoms with Gasteiger partial charge in [-0.1, -0.05) is 22.4 Å². The van der Waals surface area contributed by atoms with E-state index in [1.54, 1.807) is 9.80 Å². The largest absolute Gasteiger partial charge is 0.444 e. The van der Waals surface area contributed by atoms with Crippen LogP contribution in [-0.2, 0) is 19.1 Å². The zero-order chi connectivity index (χ0) is 54.1. The van der Waals surface area contributed by atoms with Crippen LogP contribution in [0.3, 0.4) is 0 Å². The molecule has 4 aliphatic heterocycles. The highest BCUT2D eigenvalue weighted by atomic mass is 19.2. The number of carbonyl (C=O) groups is 4. The lowest BCUT2D eigenvalue weighted by atomic mass is 10.0. The quantitative estimate of drug-likeness (QED) is 0.159. The van der Waals surface area contributed by atoms with Crippen LogP contribution >= 0.6 is 0 Å². The first-order chi connectivity index (χ1) is 36.0. The first-order valence-electron chi connectivity index (χ1n) is 25.9. The first kappa shape index (κ1) is 51.8. The van der Waals surface area contributed by atoms with Gasteiger partial charge >= 0.3 is 12.2 Å². The molecule has 0 radical (unpaired) electrons. The lowest BCUT2D eigenvalue weighted by Gasteiger charge is -2.28. The molecule has 4 amide bonds. The fourth-order valence-corrected chi connectivity index (χ4v) is 11.2. The smallest absolute Gasteiger partial charge is 0.410 e. The van der Waals surface area contributed by atoms with Gasteiger partial charge in [-0.15, -0.1) is 0 Å². The second kappa shape index (κ2) is 19.8. The SMILES string of the molecule is Cc1noc(C)c1-c1ccc2c(c1)nc([C@@H]1CCC(=O)N1)n2[C@H]1CCN(C(=O)OC(C)(C)C)C1.Cc1noc(C)c1-c1ccc2c(c1)nc([C@@H]1CCC(=O)N1c1ccc(F)c(F)c1)n2[C@H]1CCN(C(=O)OC(C)(C)C)C1. The van der Waals surface area contributed by atoms with E-state index in [0.717, 1.165) is 80.3 Å². The molecule has 0 saturated carbocycles. The van der Waals surface area contributed by atoms with Gasteiger partial charge in [-0.05, 0) is 142 Å². The van der Waals surface area contributed by atoms with E-state index in [2.05, 4.69) is 43.0 Å². The van der Waals surface area contributed by atoms with Gasteiger partial charge in [-0.2, -0.15) is 0 Å². The molecule has 4 atom stereocenters. The maximum absolute atomic E-state index is 14.3. The fraction of sp³-hybridized carbons (Fsp3) is 0.464. The molecule has 11 rings (SSSR count). The Kier molecular flexibility index (Phi) is 13.5. The standard InChI is InChI=1S/C31H33F2N5O4.C25H31N5O4/c1-17-28(18(2)42-35-17)19-6-9-25-24(14-19)34-29(38(25)21-12-13-36(16-21)30(40)41-31(3,4)5)26-10-11-27(39)37(26)20-7-8-22(32)23(33)15-20;1-14-22(15(2)34-28-14)16-6-8-20-19(12-16)27-23(18-7-9-21(31)26-18)30(20)17-10-11-29(13-17)24(32)33-25(3,4)5/h6-9,14-15,21,26H,10-13,16H2,1-5H3;6,8,12,17-18H,7,9-11,13H2,1-5H3,(H,26,31)/t21-,26-;17-,18-/m00/s1. The second-order valence-electron chi connectivity index (χ2n) is 22.3. The molecule has 0 spiro atoms. The number of nitrogens with zero attached hydrogens (tertiary/aromatic N) is 9. The van der Waals surface area contributed by atoms with Crippen molar-refractivity contribution in [3.63, 3.8) is 0 Å². The Balaban J connectivity index is 0.000000177. The van der Waals surface area contributed by atoms with Crippen molar-refractivity contribution in [2.24, 2.45) is 0 Å². The highest BCUT2D eigenvalue weighted by molar-refractivity contribution is 5.96. The van der Waals surface area contributed by atoms with Gasteiger partial charge in [0.25, 0.3) is 0 Å². The molecule has 0 bridgehead atoms. The number of carbonyl (C=O) groups excluding carboxylic acids is 4. The molecule has 0 unspecified atom stereocenters. The van der Waals surface area contributed by atoms with Gasteiger partial charge in [0.05, 0.1) is 57.6 Å². The molecule has 400 valence electrons. The van der Waals surface area contributed by atoms with Crippen LogP contribution in [0.2, 0.25) is 0 Å². The molecule has 8 heterocycles. The van der Waals surface area contributed by atoms with Gasteiger partial charge < -0.3 is 47.7 Å². The van der Waals surface area contributed by atoms with Crippen LogP contribution < -0.4 is 10.2 Å². The first-order valence-corrected chi connectivity index (χ1v) is 25.9. The number of aryl methyl sites for hydroxylation is 4. The number of amides is 4. The van der Waals surface area contributed by atoms with Crippen LogP contribution in [-0.4, -0.2) is 101 Å². The third kappa shape index (κ3) is 10.1. The third-order valence-corrected chi connectivity index (χ3v) is 14.4. The highest BCUT2D eigenvalue weighted by Gasteiger charge is 2.41. The number of hydrogen-bond acceptors (Lipinski definition) is 12. The molecule has 4 fully saturated rings. The van der Waals surface area contributed by atoms with Gasteiger partial charge in [0.15, 0.2) is 11.6 Å². The Morgan fingerprint density at radius 3 is 1.62 bits per heavy atom. The maximum Gasteiger partial charge on any atom is 0.410 e. The van der Waals surface area contributed by atoms with Crippen molar-refractivity contribution in [2.75, 3.05) is 31.1 Å². The highest BCUT2D eigenvalue weighted by Crippen LogP contribution is 2.42. The maximum atomic E-state index is 14.3. The summed E-state index contributed by atoms with van der Waals surface area (Å²) in [6.07, 6.45) is 2.69. The molecule has 18 nitrogen and oxygen atoms in total. The molecular formula is C56H64F2N10O8. The van der Waals surface area contributed by atoms with Crippen LogP contribution in [0.5, 0.6) is 0 Å². The molecule has 20 heteroatoms. The van der Waals surface area contributed by atoms with E-state index in [-0.39, 0.29) is 54.2 Å². The van der Waals surface area contributed by atoms with Gasteiger partial charge in [0.2, 0.25) is 11.8 Å². The van der Waals surface area contributed by atoms with Gasteiger partial charge in [-0.25, -0.2) is 28.3 Å². The summed E-state index contributed by atoms with van der Waals surface area (Å²) in [6.45, 7) is 20.8. The summed E-state index contributed by atoms with van der Waals surface area (Å²) in [4.78, 5) is 65.7. The van der Waals surface area contributed by atoms with Gasteiger partial charge in [0, 0.05) is 61.9 Å². The third-order valence-electron chi connectivity index (χ3n) is 14.4. The number of fused-ring (bicyclic) bond motifs is 2.